The molecule has 0 aliphatic carbocycles. The Balaban J connectivity index is 1.49. The summed E-state index contributed by atoms with van der Waals surface area (Å²) in [5.74, 6) is 0.795. The zero-order valence-electron chi connectivity index (χ0n) is 15.2. The van der Waals surface area contributed by atoms with Crippen LogP contribution in [0, 0.1) is 11.6 Å². The van der Waals surface area contributed by atoms with Crippen LogP contribution in [0.1, 0.15) is 36.1 Å². The fraction of sp³-hybridized carbons (Fsp3) is 0.350. The van der Waals surface area contributed by atoms with Gasteiger partial charge in [-0.15, -0.1) is 5.10 Å². The molecule has 1 aromatic carbocycles. The first-order chi connectivity index (χ1) is 12.7. The average Bonchev–Trinajstić information content (AvgIpc) is 3.10. The van der Waals surface area contributed by atoms with Gasteiger partial charge >= 0.3 is 0 Å². The van der Waals surface area contributed by atoms with Crippen LogP contribution in [0.5, 0.6) is 5.75 Å². The Morgan fingerprint density at radius 2 is 1.92 bits per heavy atom. The number of para-hydroxylation sites is 1. The molecule has 0 aliphatic rings. The van der Waals surface area contributed by atoms with Crippen molar-refractivity contribution in [1.82, 2.24) is 20.0 Å². The maximum Gasteiger partial charge on any atom is 0.156 e. The topological polar surface area (TPSA) is 55.7 Å². The summed E-state index contributed by atoms with van der Waals surface area (Å²) in [4.78, 5) is 3.01. The van der Waals surface area contributed by atoms with Gasteiger partial charge in [-0.2, -0.15) is 0 Å². The Morgan fingerprint density at radius 1 is 1.12 bits per heavy atom. The SMILES string of the molecule is COc1c(CCCCCc2cn(-c3ccccc3C)nn2)cc[nH]c1=S. The first kappa shape index (κ1) is 18.3. The van der Waals surface area contributed by atoms with E-state index in [0.717, 1.165) is 49.2 Å². The van der Waals surface area contributed by atoms with Crippen LogP contribution in [0.4, 0.5) is 0 Å². The standard InChI is InChI=1S/C20H24N4OS/c1-15-8-6-7-11-18(15)24-14-17(22-23-24)10-5-3-4-9-16-12-13-21-20(26)19(16)25-2/h6-8,11-14H,3-5,9-10H2,1-2H3,(H,21,26). The molecule has 0 unspecified atom stereocenters. The van der Waals surface area contributed by atoms with Gasteiger partial charge in [-0.1, -0.05) is 42.1 Å². The largest absolute Gasteiger partial charge is 0.493 e. The van der Waals surface area contributed by atoms with E-state index < -0.39 is 0 Å². The molecule has 5 nitrogen and oxygen atoms in total. The van der Waals surface area contributed by atoms with Crippen molar-refractivity contribution >= 4 is 12.2 Å². The first-order valence-electron chi connectivity index (χ1n) is 8.91. The average molecular weight is 369 g/mol. The van der Waals surface area contributed by atoms with Crippen LogP contribution in [-0.2, 0) is 12.8 Å². The molecule has 0 saturated carbocycles. The molecule has 0 spiro atoms. The molecule has 0 bridgehead atoms. The molecule has 136 valence electrons. The number of hydrogen-bond donors (Lipinski definition) is 1. The number of nitrogens with zero attached hydrogens (tertiary/aromatic N) is 3. The highest BCUT2D eigenvalue weighted by Gasteiger charge is 2.06. The smallest absolute Gasteiger partial charge is 0.156 e. The monoisotopic (exact) mass is 368 g/mol. The molecule has 3 aromatic rings. The Hall–Kier alpha value is -2.47. The second-order valence-electron chi connectivity index (χ2n) is 6.37. The number of ether oxygens (including phenoxy) is 1. The molecule has 0 fully saturated rings. The number of rotatable bonds is 8. The van der Waals surface area contributed by atoms with Gasteiger partial charge in [-0.25, -0.2) is 4.68 Å². The molecule has 3 rings (SSSR count). The van der Waals surface area contributed by atoms with E-state index in [-0.39, 0.29) is 0 Å². The van der Waals surface area contributed by atoms with E-state index in [2.05, 4.69) is 34.4 Å². The second-order valence-corrected chi connectivity index (χ2v) is 6.78. The summed E-state index contributed by atoms with van der Waals surface area (Å²) < 4.78 is 7.93. The number of nitrogens with one attached hydrogen (secondary N) is 1. The number of aromatic nitrogens is 4. The minimum atomic E-state index is 0.665. The number of aryl methyl sites for hydroxylation is 3. The Kier molecular flexibility index (Phi) is 6.17. The lowest BCUT2D eigenvalue weighted by molar-refractivity contribution is 0.405. The van der Waals surface area contributed by atoms with Crippen molar-refractivity contribution in [3.63, 3.8) is 0 Å². The summed E-state index contributed by atoms with van der Waals surface area (Å²) in [5, 5.41) is 8.56. The normalized spacial score (nSPS) is 10.8. The molecular weight excluding hydrogens is 344 g/mol. The van der Waals surface area contributed by atoms with Gasteiger partial charge in [0.2, 0.25) is 0 Å². The third-order valence-electron chi connectivity index (χ3n) is 4.48. The van der Waals surface area contributed by atoms with Crippen LogP contribution in [0.15, 0.2) is 42.7 Å². The third-order valence-corrected chi connectivity index (χ3v) is 4.79. The Labute approximate surface area is 159 Å². The quantitative estimate of drug-likeness (QED) is 0.466. The fourth-order valence-corrected chi connectivity index (χ4v) is 3.36. The van der Waals surface area contributed by atoms with Gasteiger partial charge in [0.15, 0.2) is 5.75 Å². The summed E-state index contributed by atoms with van der Waals surface area (Å²) in [5.41, 5.74) is 4.48. The third kappa shape index (κ3) is 4.38. The Morgan fingerprint density at radius 3 is 2.73 bits per heavy atom. The van der Waals surface area contributed by atoms with Gasteiger partial charge in [-0.05, 0) is 55.9 Å². The molecule has 1 N–H and O–H groups in total. The second kappa shape index (κ2) is 8.76. The molecule has 0 saturated heterocycles. The zero-order valence-corrected chi connectivity index (χ0v) is 16.1. The molecule has 0 aliphatic heterocycles. The van der Waals surface area contributed by atoms with E-state index in [1.165, 1.54) is 11.1 Å². The van der Waals surface area contributed by atoms with Gasteiger partial charge in [0.25, 0.3) is 0 Å². The lowest BCUT2D eigenvalue weighted by Gasteiger charge is -2.07. The summed E-state index contributed by atoms with van der Waals surface area (Å²) >= 11 is 5.26. The van der Waals surface area contributed by atoms with Crippen molar-refractivity contribution in [1.29, 1.82) is 0 Å². The van der Waals surface area contributed by atoms with E-state index in [0.29, 0.717) is 4.64 Å². The van der Waals surface area contributed by atoms with Crippen molar-refractivity contribution in [3.8, 4) is 11.4 Å². The molecule has 0 atom stereocenters. The highest BCUT2D eigenvalue weighted by Crippen LogP contribution is 2.21. The lowest BCUT2D eigenvalue weighted by atomic mass is 10.1. The van der Waals surface area contributed by atoms with Crippen LogP contribution in [0.25, 0.3) is 5.69 Å². The van der Waals surface area contributed by atoms with Crippen molar-refractivity contribution in [2.24, 2.45) is 0 Å². The van der Waals surface area contributed by atoms with E-state index in [1.54, 1.807) is 7.11 Å². The fourth-order valence-electron chi connectivity index (χ4n) is 3.08. The van der Waals surface area contributed by atoms with Crippen molar-refractivity contribution in [3.05, 3.63) is 64.2 Å². The number of benzene rings is 1. The van der Waals surface area contributed by atoms with Crippen LogP contribution < -0.4 is 4.74 Å². The molecule has 26 heavy (non-hydrogen) atoms. The molecule has 0 amide bonds. The molecule has 2 heterocycles. The number of hydrogen-bond acceptors (Lipinski definition) is 4. The number of methoxy groups -OCH3 is 1. The van der Waals surface area contributed by atoms with Crippen LogP contribution in [0.3, 0.4) is 0 Å². The predicted octanol–water partition coefficient (Wildman–Crippen LogP) is 4.60. The predicted molar refractivity (Wildman–Crippen MR) is 106 cm³/mol. The molecular formula is C20H24N4OS. The number of aromatic amines is 1. The molecule has 0 radical (unpaired) electrons. The van der Waals surface area contributed by atoms with Gasteiger partial charge in [-0.3, -0.25) is 0 Å². The number of pyridine rings is 1. The van der Waals surface area contributed by atoms with Gasteiger partial charge < -0.3 is 9.72 Å². The van der Waals surface area contributed by atoms with Crippen molar-refractivity contribution < 1.29 is 4.74 Å². The summed E-state index contributed by atoms with van der Waals surface area (Å²) in [6, 6.07) is 10.2. The van der Waals surface area contributed by atoms with Gasteiger partial charge in [0, 0.05) is 6.20 Å². The first-order valence-corrected chi connectivity index (χ1v) is 9.31. The van der Waals surface area contributed by atoms with Gasteiger partial charge in [0.05, 0.1) is 24.7 Å². The minimum absolute atomic E-state index is 0.665. The highest BCUT2D eigenvalue weighted by molar-refractivity contribution is 7.71. The van der Waals surface area contributed by atoms with E-state index in [4.69, 9.17) is 17.0 Å². The maximum absolute atomic E-state index is 5.40. The highest BCUT2D eigenvalue weighted by atomic mass is 32.1. The summed E-state index contributed by atoms with van der Waals surface area (Å²) in [6.07, 6.45) is 9.14. The van der Waals surface area contributed by atoms with E-state index >= 15 is 0 Å². The Bertz CT molecular complexity index is 916. The van der Waals surface area contributed by atoms with Crippen LogP contribution >= 0.6 is 12.2 Å². The molecule has 6 heteroatoms. The summed E-state index contributed by atoms with van der Waals surface area (Å²) in [6.45, 7) is 2.08. The maximum atomic E-state index is 5.40. The van der Waals surface area contributed by atoms with E-state index in [1.807, 2.05) is 35.3 Å². The number of H-pyrrole nitrogens is 1. The lowest BCUT2D eigenvalue weighted by Crippen LogP contribution is -1.97. The minimum Gasteiger partial charge on any atom is -0.493 e. The zero-order chi connectivity index (χ0) is 18.4. The van der Waals surface area contributed by atoms with Crippen molar-refractivity contribution in [2.45, 2.75) is 39.0 Å². The molecule has 2 aromatic heterocycles. The summed E-state index contributed by atoms with van der Waals surface area (Å²) in [7, 11) is 1.67. The van der Waals surface area contributed by atoms with Crippen LogP contribution in [-0.4, -0.2) is 27.1 Å². The van der Waals surface area contributed by atoms with Gasteiger partial charge in [0.1, 0.15) is 4.64 Å². The van der Waals surface area contributed by atoms with Crippen LogP contribution in [0.2, 0.25) is 0 Å². The van der Waals surface area contributed by atoms with Crippen molar-refractivity contribution in [2.75, 3.05) is 7.11 Å². The van der Waals surface area contributed by atoms with E-state index in [9.17, 15) is 0 Å². The number of unbranched alkanes of at least 4 members (excludes halogenated alkanes) is 2.